The summed E-state index contributed by atoms with van der Waals surface area (Å²) >= 11 is 0. The molecule has 0 radical (unpaired) electrons. The van der Waals surface area contributed by atoms with Gasteiger partial charge in [0.05, 0.1) is 34.4 Å². The van der Waals surface area contributed by atoms with Gasteiger partial charge in [0.1, 0.15) is 13.2 Å². The number of carbonyl (C=O) groups is 3. The number of aliphatic carboxylic acids is 1. The second kappa shape index (κ2) is 67.4. The summed E-state index contributed by atoms with van der Waals surface area (Å²) < 4.78 is 23.0. The highest BCUT2D eigenvalue weighted by Crippen LogP contribution is 2.18. The molecule has 0 aliphatic rings. The van der Waals surface area contributed by atoms with E-state index in [-0.39, 0.29) is 38.2 Å². The van der Waals surface area contributed by atoms with Gasteiger partial charge in [0.15, 0.2) is 6.10 Å². The molecule has 498 valence electrons. The van der Waals surface area contributed by atoms with Crippen LogP contribution in [-0.4, -0.2) is 87.4 Å². The molecule has 0 aromatic heterocycles. The number of hydrogen-bond acceptors (Lipinski definition) is 7. The molecule has 9 heteroatoms. The zero-order valence-corrected chi connectivity index (χ0v) is 57.0. The molecule has 0 aliphatic carbocycles. The minimum Gasteiger partial charge on any atom is -0.477 e. The molecule has 86 heavy (non-hydrogen) atoms. The summed E-state index contributed by atoms with van der Waals surface area (Å²) in [6, 6.07) is 0. The average Bonchev–Trinajstić information content (AvgIpc) is 3.63. The van der Waals surface area contributed by atoms with E-state index in [0.717, 1.165) is 83.5 Å². The quantitative estimate of drug-likeness (QED) is 0.0211. The lowest BCUT2D eigenvalue weighted by Gasteiger charge is -2.25. The Morgan fingerprint density at radius 2 is 0.663 bits per heavy atom. The summed E-state index contributed by atoms with van der Waals surface area (Å²) in [5.74, 6) is -1.98. The maximum Gasteiger partial charge on any atom is 0.361 e. The summed E-state index contributed by atoms with van der Waals surface area (Å²) in [6.07, 6.45) is 88.5. The molecular weight excluding hydrogens is 1070 g/mol. The standard InChI is InChI=1S/C77H137NO8/c1-6-8-10-12-14-16-18-20-22-24-26-28-29-30-31-32-33-34-35-36-37-38-39-40-41-42-43-44-45-46-47-48-50-52-54-56-58-60-62-64-66-68-75(80)86-73(72-85-77(76(81)82)83-70-69-78(3,4)5)71-84-74(79)67-65-63-61-59-57-55-53-51-49-27-25-23-21-19-17-15-13-11-9-7-2/h8,10,14,16,20,22,26,28,30-31,33-34,36-37,73,77H,6-7,9,11-13,15,17-19,21,23-25,27,29,32,35,38-72H2,1-5H3/p+1/b10-8-,16-14-,22-20-,28-26-,31-30-,34-33-,37-36-. The lowest BCUT2D eigenvalue weighted by molar-refractivity contribution is -0.870. The van der Waals surface area contributed by atoms with Crippen LogP contribution < -0.4 is 0 Å². The molecule has 0 aromatic rings. The Morgan fingerprint density at radius 1 is 0.360 bits per heavy atom. The molecule has 0 fully saturated rings. The normalized spacial score (nSPS) is 13.2. The SMILES string of the molecule is CC/C=C\C/C=C\C/C=C\C/C=C\C/C=C\C/C=C\C/C=C\CCCCCCCCCCCCCCCCCCCCCC(=O)OC(COC(=O)CCCCCCCCCCCCCCCCCCCCCC)COC(OCC[N+](C)(C)C)C(=O)O. The number of allylic oxidation sites excluding steroid dienone is 14. The second-order valence-electron chi connectivity index (χ2n) is 25.5. The Bertz CT molecular complexity index is 1690. The molecule has 0 bridgehead atoms. The van der Waals surface area contributed by atoms with Crippen molar-refractivity contribution in [3.63, 3.8) is 0 Å². The Kier molecular flexibility index (Phi) is 64.6. The van der Waals surface area contributed by atoms with Crippen LogP contribution in [0.4, 0.5) is 0 Å². The van der Waals surface area contributed by atoms with Gasteiger partial charge in [-0.2, -0.15) is 0 Å². The largest absolute Gasteiger partial charge is 0.477 e. The van der Waals surface area contributed by atoms with E-state index in [0.29, 0.717) is 17.4 Å². The van der Waals surface area contributed by atoms with E-state index in [4.69, 9.17) is 18.9 Å². The number of likely N-dealkylation sites (N-methyl/N-ethyl adjacent to an activating group) is 1. The molecule has 2 atom stereocenters. The monoisotopic (exact) mass is 1210 g/mol. The molecular formula is C77H138NO8+. The first-order valence-electron chi connectivity index (χ1n) is 36.3. The first-order chi connectivity index (χ1) is 42.1. The van der Waals surface area contributed by atoms with E-state index < -0.39 is 18.4 Å². The van der Waals surface area contributed by atoms with Crippen molar-refractivity contribution in [3.8, 4) is 0 Å². The molecule has 0 saturated heterocycles. The lowest BCUT2D eigenvalue weighted by atomic mass is 10.0. The van der Waals surface area contributed by atoms with Gasteiger partial charge in [-0.3, -0.25) is 9.59 Å². The molecule has 0 amide bonds. The number of rotatable bonds is 67. The van der Waals surface area contributed by atoms with Crippen molar-refractivity contribution in [2.24, 2.45) is 0 Å². The van der Waals surface area contributed by atoms with Crippen LogP contribution in [-0.2, 0) is 33.3 Å². The fraction of sp³-hybridized carbons (Fsp3) is 0.779. The second-order valence-corrected chi connectivity index (χ2v) is 25.5. The molecule has 9 nitrogen and oxygen atoms in total. The van der Waals surface area contributed by atoms with Gasteiger partial charge in [0, 0.05) is 12.8 Å². The predicted molar refractivity (Wildman–Crippen MR) is 369 cm³/mol. The van der Waals surface area contributed by atoms with E-state index >= 15 is 0 Å². The Hall–Kier alpha value is -3.53. The number of carbonyl (C=O) groups excluding carboxylic acids is 2. The summed E-state index contributed by atoms with van der Waals surface area (Å²) in [5, 5.41) is 9.74. The van der Waals surface area contributed by atoms with E-state index in [1.165, 1.54) is 218 Å². The number of nitrogens with zero attached hydrogens (tertiary/aromatic N) is 1. The van der Waals surface area contributed by atoms with Crippen molar-refractivity contribution in [2.45, 2.75) is 341 Å². The Morgan fingerprint density at radius 3 is 0.988 bits per heavy atom. The third-order valence-electron chi connectivity index (χ3n) is 15.9. The maximum atomic E-state index is 12.9. The maximum absolute atomic E-state index is 12.9. The van der Waals surface area contributed by atoms with Crippen molar-refractivity contribution >= 4 is 17.9 Å². The third kappa shape index (κ3) is 68.0. The molecule has 0 saturated carbocycles. The van der Waals surface area contributed by atoms with Crippen molar-refractivity contribution in [2.75, 3.05) is 47.5 Å². The molecule has 0 aromatic carbocycles. The van der Waals surface area contributed by atoms with Crippen molar-refractivity contribution in [3.05, 3.63) is 85.1 Å². The van der Waals surface area contributed by atoms with Crippen molar-refractivity contribution in [1.82, 2.24) is 0 Å². The summed E-state index contributed by atoms with van der Waals surface area (Å²) in [5.41, 5.74) is 0. The molecule has 0 heterocycles. The molecule has 0 aliphatic heterocycles. The highest BCUT2D eigenvalue weighted by Gasteiger charge is 2.25. The molecule has 0 spiro atoms. The van der Waals surface area contributed by atoms with Crippen molar-refractivity contribution < 1.29 is 42.9 Å². The van der Waals surface area contributed by atoms with Crippen LogP contribution in [0.25, 0.3) is 0 Å². The molecule has 0 rings (SSSR count). The average molecular weight is 1210 g/mol. The van der Waals surface area contributed by atoms with E-state index in [1.54, 1.807) is 0 Å². The Labute approximate surface area is 531 Å². The first kappa shape index (κ1) is 82.5. The minimum atomic E-state index is -1.51. The number of unbranched alkanes of at least 4 members (excludes halogenated alkanes) is 38. The summed E-state index contributed by atoms with van der Waals surface area (Å²) in [4.78, 5) is 37.6. The lowest BCUT2D eigenvalue weighted by Crippen LogP contribution is -2.40. The van der Waals surface area contributed by atoms with Crippen LogP contribution in [0, 0.1) is 0 Å². The zero-order valence-electron chi connectivity index (χ0n) is 57.0. The first-order valence-corrected chi connectivity index (χ1v) is 36.3. The van der Waals surface area contributed by atoms with Crippen LogP contribution in [0.3, 0.4) is 0 Å². The van der Waals surface area contributed by atoms with Gasteiger partial charge in [-0.1, -0.05) is 330 Å². The van der Waals surface area contributed by atoms with E-state index in [1.807, 2.05) is 21.1 Å². The number of ether oxygens (including phenoxy) is 4. The Balaban J connectivity index is 4.00. The van der Waals surface area contributed by atoms with Gasteiger partial charge in [-0.05, 0) is 70.6 Å². The van der Waals surface area contributed by atoms with Gasteiger partial charge >= 0.3 is 17.9 Å². The van der Waals surface area contributed by atoms with Crippen LogP contribution in [0.2, 0.25) is 0 Å². The van der Waals surface area contributed by atoms with Gasteiger partial charge in [-0.15, -0.1) is 0 Å². The van der Waals surface area contributed by atoms with Gasteiger partial charge < -0.3 is 28.5 Å². The molecule has 1 N–H and O–H groups in total. The van der Waals surface area contributed by atoms with Gasteiger partial charge in [0.2, 0.25) is 0 Å². The van der Waals surface area contributed by atoms with Crippen LogP contribution in [0.1, 0.15) is 328 Å². The third-order valence-corrected chi connectivity index (χ3v) is 15.9. The number of hydrogen-bond donors (Lipinski definition) is 1. The van der Waals surface area contributed by atoms with Crippen LogP contribution >= 0.6 is 0 Å². The predicted octanol–water partition coefficient (Wildman–Crippen LogP) is 22.6. The summed E-state index contributed by atoms with van der Waals surface area (Å²) in [6.45, 7) is 4.81. The zero-order chi connectivity index (χ0) is 62.6. The van der Waals surface area contributed by atoms with E-state index in [9.17, 15) is 19.5 Å². The van der Waals surface area contributed by atoms with E-state index in [2.05, 4.69) is 98.9 Å². The van der Waals surface area contributed by atoms with Gasteiger partial charge in [-0.25, -0.2) is 4.79 Å². The highest BCUT2D eigenvalue weighted by molar-refractivity contribution is 5.71. The number of carboxylic acid groups (broad SMARTS) is 1. The number of quaternary nitrogens is 1. The highest BCUT2D eigenvalue weighted by atomic mass is 16.7. The van der Waals surface area contributed by atoms with Crippen LogP contribution in [0.5, 0.6) is 0 Å². The smallest absolute Gasteiger partial charge is 0.361 e. The summed E-state index contributed by atoms with van der Waals surface area (Å²) in [7, 11) is 5.99. The van der Waals surface area contributed by atoms with Crippen LogP contribution in [0.15, 0.2) is 85.1 Å². The number of esters is 2. The fourth-order valence-corrected chi connectivity index (χ4v) is 10.4. The minimum absolute atomic E-state index is 0.178. The number of carboxylic acids is 1. The van der Waals surface area contributed by atoms with Gasteiger partial charge in [0.25, 0.3) is 6.29 Å². The fourth-order valence-electron chi connectivity index (χ4n) is 10.4. The van der Waals surface area contributed by atoms with Crippen molar-refractivity contribution in [1.29, 1.82) is 0 Å². The molecule has 2 unspecified atom stereocenters. The topological polar surface area (TPSA) is 108 Å².